The van der Waals surface area contributed by atoms with Crippen molar-refractivity contribution in [3.8, 4) is 11.5 Å². The van der Waals surface area contributed by atoms with Crippen molar-refractivity contribution in [3.05, 3.63) is 29.3 Å². The number of ether oxygens (including phenoxy) is 13. The molecule has 0 radical (unpaired) electrons. The number of carbonyl (C=O) groups excluding carboxylic acids is 3. The summed E-state index contributed by atoms with van der Waals surface area (Å²) in [7, 11) is 8.28. The van der Waals surface area contributed by atoms with Gasteiger partial charge in [0.2, 0.25) is 0 Å². The minimum atomic E-state index is -1.31. The van der Waals surface area contributed by atoms with E-state index in [1.54, 1.807) is 33.8 Å². The van der Waals surface area contributed by atoms with E-state index in [1.807, 2.05) is 0 Å². The second-order valence-electron chi connectivity index (χ2n) is 10.8. The molecule has 0 amide bonds. The molecule has 0 fully saturated rings. The van der Waals surface area contributed by atoms with Gasteiger partial charge in [-0.2, -0.15) is 0 Å². The van der Waals surface area contributed by atoms with Crippen LogP contribution in [0.4, 0.5) is 4.79 Å². The van der Waals surface area contributed by atoms with E-state index in [-0.39, 0.29) is 57.3 Å². The van der Waals surface area contributed by atoms with E-state index in [0.29, 0.717) is 5.75 Å². The third-order valence-corrected chi connectivity index (χ3v) is 6.19. The molecule has 274 valence electrons. The molecular formula is C32H50O16. The summed E-state index contributed by atoms with van der Waals surface area (Å²) >= 11 is 0. The summed E-state index contributed by atoms with van der Waals surface area (Å²) in [5, 5.41) is 0. The van der Waals surface area contributed by atoms with Crippen molar-refractivity contribution in [1.82, 2.24) is 0 Å². The van der Waals surface area contributed by atoms with E-state index >= 15 is 0 Å². The highest BCUT2D eigenvalue weighted by molar-refractivity contribution is 5.97. The molecule has 48 heavy (non-hydrogen) atoms. The number of hydrogen-bond donors (Lipinski definition) is 0. The van der Waals surface area contributed by atoms with Crippen molar-refractivity contribution in [2.75, 3.05) is 83.0 Å². The zero-order valence-electron chi connectivity index (χ0n) is 29.4. The first-order chi connectivity index (χ1) is 22.9. The molecular weight excluding hydrogens is 640 g/mol. The lowest BCUT2D eigenvalue weighted by Gasteiger charge is -2.35. The Balaban J connectivity index is 3.88. The topological polar surface area (TPSA) is 171 Å². The third-order valence-electron chi connectivity index (χ3n) is 6.19. The number of benzene rings is 1. The number of esters is 2. The molecule has 4 atom stereocenters. The van der Waals surface area contributed by atoms with Gasteiger partial charge in [-0.15, -0.1) is 0 Å². The summed E-state index contributed by atoms with van der Waals surface area (Å²) in [6.45, 7) is 5.44. The first kappa shape index (κ1) is 42.5. The Morgan fingerprint density at radius 3 is 1.94 bits per heavy atom. The Bertz CT molecular complexity index is 1130. The molecule has 0 spiro atoms. The maximum absolute atomic E-state index is 12.9. The van der Waals surface area contributed by atoms with Gasteiger partial charge in [0.1, 0.15) is 62.4 Å². The SMILES string of the molecule is CCOC(=O)OC(/C=C\c1cc(OC)cc(OCOC)c1C(=O)OC)[C@H](OCOC)[C@H](OCOC)[C@@H](COC(=O)C(C)(C)C)OCOC. The van der Waals surface area contributed by atoms with Gasteiger partial charge in [-0.05, 0) is 45.4 Å². The molecule has 0 aliphatic carbocycles. The summed E-state index contributed by atoms with van der Waals surface area (Å²) in [5.74, 6) is -0.799. The molecule has 0 aliphatic heterocycles. The lowest BCUT2D eigenvalue weighted by Crippen LogP contribution is -2.52. The minimum absolute atomic E-state index is 0.00731. The fourth-order valence-corrected chi connectivity index (χ4v) is 3.95. The van der Waals surface area contributed by atoms with Crippen LogP contribution in [-0.4, -0.2) is 126 Å². The maximum Gasteiger partial charge on any atom is 0.508 e. The quantitative estimate of drug-likeness (QED) is 0.0926. The zero-order chi connectivity index (χ0) is 36.1. The van der Waals surface area contributed by atoms with Gasteiger partial charge in [-0.1, -0.05) is 6.08 Å². The first-order valence-corrected chi connectivity index (χ1v) is 14.8. The van der Waals surface area contributed by atoms with Gasteiger partial charge in [0.25, 0.3) is 0 Å². The lowest BCUT2D eigenvalue weighted by molar-refractivity contribution is -0.230. The normalized spacial score (nSPS) is 14.1. The molecule has 16 heteroatoms. The van der Waals surface area contributed by atoms with E-state index in [0.717, 1.165) is 0 Å². The second-order valence-corrected chi connectivity index (χ2v) is 10.8. The molecule has 0 aliphatic rings. The Labute approximate surface area is 281 Å². The van der Waals surface area contributed by atoms with Gasteiger partial charge in [-0.25, -0.2) is 9.59 Å². The second kappa shape index (κ2) is 23.0. The number of hydrogen-bond acceptors (Lipinski definition) is 16. The van der Waals surface area contributed by atoms with Gasteiger partial charge >= 0.3 is 18.1 Å². The largest absolute Gasteiger partial charge is 0.508 e. The molecule has 0 N–H and O–H groups in total. The summed E-state index contributed by atoms with van der Waals surface area (Å²) in [4.78, 5) is 38.4. The highest BCUT2D eigenvalue weighted by Crippen LogP contribution is 2.32. The summed E-state index contributed by atoms with van der Waals surface area (Å²) < 4.78 is 70.8. The molecule has 0 saturated heterocycles. The Kier molecular flexibility index (Phi) is 20.3. The van der Waals surface area contributed by atoms with Gasteiger partial charge in [0.15, 0.2) is 12.9 Å². The number of methoxy groups -OCH3 is 6. The third kappa shape index (κ3) is 14.3. The molecule has 0 aromatic heterocycles. The van der Waals surface area contributed by atoms with Gasteiger partial charge in [0, 0.05) is 34.5 Å². The predicted octanol–water partition coefficient (Wildman–Crippen LogP) is 3.58. The molecule has 16 nitrogen and oxygen atoms in total. The average molecular weight is 691 g/mol. The molecule has 1 rings (SSSR count). The molecule has 1 unspecified atom stereocenters. The fraction of sp³-hybridized carbons (Fsp3) is 0.656. The van der Waals surface area contributed by atoms with Crippen molar-refractivity contribution in [2.45, 2.75) is 52.1 Å². The predicted molar refractivity (Wildman–Crippen MR) is 168 cm³/mol. The van der Waals surface area contributed by atoms with Crippen LogP contribution in [0, 0.1) is 5.41 Å². The molecule has 0 heterocycles. The van der Waals surface area contributed by atoms with E-state index < -0.39 is 47.9 Å². The first-order valence-electron chi connectivity index (χ1n) is 14.8. The molecule has 0 bridgehead atoms. The van der Waals surface area contributed by atoms with Crippen LogP contribution in [0.5, 0.6) is 11.5 Å². The van der Waals surface area contributed by atoms with Crippen molar-refractivity contribution >= 4 is 24.2 Å². The van der Waals surface area contributed by atoms with Crippen LogP contribution >= 0.6 is 0 Å². The van der Waals surface area contributed by atoms with Gasteiger partial charge in [0.05, 0.1) is 26.2 Å². The Hall–Kier alpha value is -3.51. The Morgan fingerprint density at radius 2 is 1.40 bits per heavy atom. The Morgan fingerprint density at radius 1 is 0.792 bits per heavy atom. The number of rotatable bonds is 23. The van der Waals surface area contributed by atoms with E-state index in [9.17, 15) is 14.4 Å². The van der Waals surface area contributed by atoms with Crippen LogP contribution in [-0.2, 0) is 56.9 Å². The van der Waals surface area contributed by atoms with Crippen molar-refractivity contribution in [3.63, 3.8) is 0 Å². The minimum Gasteiger partial charge on any atom is -0.497 e. The van der Waals surface area contributed by atoms with Gasteiger partial charge in [-0.3, -0.25) is 4.79 Å². The number of carbonyl (C=O) groups is 3. The molecule has 1 aromatic rings. The fourth-order valence-electron chi connectivity index (χ4n) is 3.95. The van der Waals surface area contributed by atoms with Crippen LogP contribution in [0.15, 0.2) is 18.2 Å². The van der Waals surface area contributed by atoms with Crippen molar-refractivity contribution < 1.29 is 76.0 Å². The highest BCUT2D eigenvalue weighted by Gasteiger charge is 2.40. The van der Waals surface area contributed by atoms with E-state index in [1.165, 1.54) is 60.9 Å². The summed E-state index contributed by atoms with van der Waals surface area (Å²) in [6.07, 6.45) is -2.89. The molecule has 0 saturated carbocycles. The maximum atomic E-state index is 12.9. The van der Waals surface area contributed by atoms with Crippen LogP contribution in [0.3, 0.4) is 0 Å². The lowest BCUT2D eigenvalue weighted by atomic mass is 9.97. The van der Waals surface area contributed by atoms with Crippen LogP contribution in [0.2, 0.25) is 0 Å². The van der Waals surface area contributed by atoms with Crippen LogP contribution in [0.1, 0.15) is 43.6 Å². The molecule has 1 aromatic carbocycles. The van der Waals surface area contributed by atoms with Crippen molar-refractivity contribution in [2.24, 2.45) is 5.41 Å². The van der Waals surface area contributed by atoms with Crippen LogP contribution in [0.25, 0.3) is 6.08 Å². The highest BCUT2D eigenvalue weighted by atomic mass is 16.7. The van der Waals surface area contributed by atoms with E-state index in [2.05, 4.69) is 0 Å². The van der Waals surface area contributed by atoms with Crippen molar-refractivity contribution in [1.29, 1.82) is 0 Å². The smallest absolute Gasteiger partial charge is 0.497 e. The standard InChI is InChI=1S/C32H50O16/c1-11-42-31(35)48-23(13-12-21-14-22(40-9)15-24(44-17-36-5)26(21)29(33)41-10)27(46-19-38-7)28(47-20-39-8)25(45-18-37-6)16-43-30(34)32(2,3)4/h12-15,23,25,27-28H,11,16-20H2,1-10H3/b13-12-/t23?,25-,27+,28-/m1/s1. The summed E-state index contributed by atoms with van der Waals surface area (Å²) in [5.41, 5.74) is -0.534. The van der Waals surface area contributed by atoms with Gasteiger partial charge < -0.3 is 61.6 Å². The van der Waals surface area contributed by atoms with E-state index in [4.69, 9.17) is 61.6 Å². The zero-order valence-corrected chi connectivity index (χ0v) is 29.4. The summed E-state index contributed by atoms with van der Waals surface area (Å²) in [6, 6.07) is 3.04. The van der Waals surface area contributed by atoms with Crippen LogP contribution < -0.4 is 9.47 Å². The monoisotopic (exact) mass is 690 g/mol. The average Bonchev–Trinajstić information content (AvgIpc) is 3.06.